The van der Waals surface area contributed by atoms with Crippen molar-refractivity contribution in [3.8, 4) is 0 Å². The van der Waals surface area contributed by atoms with Gasteiger partial charge in [0.15, 0.2) is 0 Å². The summed E-state index contributed by atoms with van der Waals surface area (Å²) in [5, 5.41) is 3.66. The molecule has 2 aromatic rings. The lowest BCUT2D eigenvalue weighted by molar-refractivity contribution is -0.0882. The average Bonchev–Trinajstić information content (AvgIpc) is 2.87. The maximum atomic E-state index is 12.2. The Balaban J connectivity index is 2.13. The number of hydrogen-bond donors (Lipinski definition) is 1. The van der Waals surface area contributed by atoms with Gasteiger partial charge in [0.05, 0.1) is 22.3 Å². The van der Waals surface area contributed by atoms with Crippen molar-refractivity contribution in [3.05, 3.63) is 46.4 Å². The summed E-state index contributed by atoms with van der Waals surface area (Å²) in [4.78, 5) is 26.0. The maximum absolute atomic E-state index is 12.2. The van der Waals surface area contributed by atoms with Gasteiger partial charge in [-0.2, -0.15) is 13.2 Å². The molecular weight excluding hydrogens is 293 g/mol. The normalized spacial score (nSPS) is 11.2. The third-order valence-electron chi connectivity index (χ3n) is 2.26. The highest BCUT2D eigenvalue weighted by molar-refractivity contribution is 7.12. The van der Waals surface area contributed by atoms with Gasteiger partial charge < -0.3 is 5.32 Å². The Kier molecular flexibility index (Phi) is 3.84. The third kappa shape index (κ3) is 3.21. The van der Waals surface area contributed by atoms with Crippen LogP contribution in [0.5, 0.6) is 0 Å². The number of carbonyl (C=O) groups excluding carboxylic acids is 2. The van der Waals surface area contributed by atoms with Crippen molar-refractivity contribution in [3.63, 3.8) is 0 Å². The van der Waals surface area contributed by atoms with Gasteiger partial charge >= 0.3 is 6.18 Å². The van der Waals surface area contributed by atoms with Gasteiger partial charge in [0.25, 0.3) is 11.7 Å². The first-order chi connectivity index (χ1) is 9.38. The van der Waals surface area contributed by atoms with Crippen molar-refractivity contribution in [1.29, 1.82) is 0 Å². The number of nitrogens with one attached hydrogen (secondary N) is 1. The van der Waals surface area contributed by atoms with Gasteiger partial charge in [0.1, 0.15) is 0 Å². The number of Topliss-reactive ketones (excluding diaryl/α,β-unsaturated/α-hetero) is 1. The molecule has 20 heavy (non-hydrogen) atoms. The molecule has 0 spiro atoms. The van der Waals surface area contributed by atoms with Crippen LogP contribution in [0.3, 0.4) is 0 Å². The number of amides is 1. The summed E-state index contributed by atoms with van der Waals surface area (Å²) >= 11 is 0.577. The van der Waals surface area contributed by atoms with Crippen LogP contribution in [-0.4, -0.2) is 22.9 Å². The minimum atomic E-state index is -4.94. The van der Waals surface area contributed by atoms with Crippen LogP contribution < -0.4 is 5.32 Å². The number of ketones is 1. The van der Waals surface area contributed by atoms with Gasteiger partial charge in [0.2, 0.25) is 0 Å². The highest BCUT2D eigenvalue weighted by Gasteiger charge is 2.40. The summed E-state index contributed by atoms with van der Waals surface area (Å²) in [5.74, 6) is -2.56. The fraction of sp³-hybridized carbons (Fsp3) is 0.0833. The Morgan fingerprint density at radius 1 is 1.30 bits per heavy atom. The Labute approximate surface area is 115 Å². The predicted molar refractivity (Wildman–Crippen MR) is 66.9 cm³/mol. The monoisotopic (exact) mass is 300 g/mol. The quantitative estimate of drug-likeness (QED) is 0.886. The number of nitrogens with zero attached hydrogens (tertiary/aromatic N) is 1. The first-order valence-corrected chi connectivity index (χ1v) is 6.17. The number of carbonyl (C=O) groups is 2. The van der Waals surface area contributed by atoms with Gasteiger partial charge in [-0.3, -0.25) is 14.6 Å². The van der Waals surface area contributed by atoms with Crippen LogP contribution >= 0.6 is 11.3 Å². The molecule has 1 amide bonds. The number of anilines is 1. The fourth-order valence-corrected chi connectivity index (χ4v) is 2.20. The van der Waals surface area contributed by atoms with E-state index in [0.717, 1.165) is 6.07 Å². The Morgan fingerprint density at radius 3 is 2.65 bits per heavy atom. The van der Waals surface area contributed by atoms with Gasteiger partial charge in [-0.1, -0.05) is 0 Å². The fourth-order valence-electron chi connectivity index (χ4n) is 1.35. The molecule has 0 radical (unpaired) electrons. The van der Waals surface area contributed by atoms with Crippen molar-refractivity contribution in [2.24, 2.45) is 0 Å². The molecule has 104 valence electrons. The van der Waals surface area contributed by atoms with Crippen molar-refractivity contribution in [1.82, 2.24) is 4.98 Å². The van der Waals surface area contributed by atoms with Gasteiger partial charge in [-0.25, -0.2) is 0 Å². The summed E-state index contributed by atoms with van der Waals surface area (Å²) in [5.41, 5.74) is 0.402. The van der Waals surface area contributed by atoms with Crippen LogP contribution in [0.25, 0.3) is 0 Å². The number of halogens is 3. The van der Waals surface area contributed by atoms with Crippen molar-refractivity contribution in [2.45, 2.75) is 6.18 Å². The van der Waals surface area contributed by atoms with E-state index in [1.54, 1.807) is 12.1 Å². The Bertz CT molecular complexity index is 638. The first kappa shape index (κ1) is 14.2. The number of rotatable bonds is 3. The molecule has 1 N–H and O–H groups in total. The van der Waals surface area contributed by atoms with Crippen LogP contribution in [0.4, 0.5) is 18.9 Å². The molecule has 8 heteroatoms. The molecule has 0 fully saturated rings. The van der Waals surface area contributed by atoms with Crippen LogP contribution in [0.2, 0.25) is 0 Å². The smallest absolute Gasteiger partial charge is 0.321 e. The van der Waals surface area contributed by atoms with Crippen LogP contribution in [-0.2, 0) is 0 Å². The number of alkyl halides is 3. The molecule has 0 saturated carbocycles. The van der Waals surface area contributed by atoms with E-state index in [2.05, 4.69) is 10.3 Å². The van der Waals surface area contributed by atoms with Gasteiger partial charge in [-0.05, 0) is 18.2 Å². The van der Waals surface area contributed by atoms with E-state index in [0.29, 0.717) is 17.0 Å². The summed E-state index contributed by atoms with van der Waals surface area (Å²) in [6.07, 6.45) is -2.03. The molecule has 0 atom stereocenters. The zero-order valence-corrected chi connectivity index (χ0v) is 10.6. The van der Waals surface area contributed by atoms with Gasteiger partial charge in [-0.15, -0.1) is 11.3 Å². The zero-order chi connectivity index (χ0) is 14.8. The average molecular weight is 300 g/mol. The minimum absolute atomic E-state index is 0.00791. The standard InChI is InChI=1S/C12H7F3N2O2S/c13-12(14,15)10(18)9-4-7(6-20-9)11(19)17-8-2-1-3-16-5-8/h1-6H,(H,17,19). The number of hydrogen-bond acceptors (Lipinski definition) is 4. The summed E-state index contributed by atoms with van der Waals surface area (Å²) in [6, 6.07) is 4.10. The molecule has 4 nitrogen and oxygen atoms in total. The predicted octanol–water partition coefficient (Wildman–Crippen LogP) is 3.14. The largest absolute Gasteiger partial charge is 0.455 e. The molecule has 0 unspecified atom stereocenters. The second kappa shape index (κ2) is 5.41. The molecule has 0 aromatic carbocycles. The van der Waals surface area contributed by atoms with Gasteiger partial charge in [0, 0.05) is 11.6 Å². The highest BCUT2D eigenvalue weighted by Crippen LogP contribution is 2.26. The van der Waals surface area contributed by atoms with Crippen LogP contribution in [0, 0.1) is 0 Å². The molecule has 0 aliphatic carbocycles. The Hall–Kier alpha value is -2.22. The first-order valence-electron chi connectivity index (χ1n) is 5.29. The van der Waals surface area contributed by atoms with E-state index in [4.69, 9.17) is 0 Å². The van der Waals surface area contributed by atoms with Crippen LogP contribution in [0.1, 0.15) is 20.0 Å². The van der Waals surface area contributed by atoms with E-state index in [1.165, 1.54) is 17.8 Å². The SMILES string of the molecule is O=C(Nc1cccnc1)c1csc(C(=O)C(F)(F)F)c1. The highest BCUT2D eigenvalue weighted by atomic mass is 32.1. The third-order valence-corrected chi connectivity index (χ3v) is 3.19. The molecule has 0 aliphatic rings. The molecule has 2 rings (SSSR count). The van der Waals surface area contributed by atoms with Crippen molar-refractivity contribution < 1.29 is 22.8 Å². The van der Waals surface area contributed by atoms with E-state index in [-0.39, 0.29) is 5.56 Å². The second-order valence-electron chi connectivity index (χ2n) is 3.72. The lowest BCUT2D eigenvalue weighted by Crippen LogP contribution is -2.21. The molecule has 2 heterocycles. The number of pyridine rings is 1. The Morgan fingerprint density at radius 2 is 2.05 bits per heavy atom. The lowest BCUT2D eigenvalue weighted by Gasteiger charge is -2.02. The van der Waals surface area contributed by atoms with Crippen LogP contribution in [0.15, 0.2) is 36.0 Å². The summed E-state index contributed by atoms with van der Waals surface area (Å²) in [6.45, 7) is 0. The maximum Gasteiger partial charge on any atom is 0.455 e. The van der Waals surface area contributed by atoms with E-state index in [9.17, 15) is 22.8 Å². The molecular formula is C12H7F3N2O2S. The van der Waals surface area contributed by atoms with E-state index >= 15 is 0 Å². The summed E-state index contributed by atoms with van der Waals surface area (Å²) < 4.78 is 36.7. The van der Waals surface area contributed by atoms with Crippen molar-refractivity contribution in [2.75, 3.05) is 5.32 Å². The molecule has 0 bridgehead atoms. The molecule has 2 aromatic heterocycles. The lowest BCUT2D eigenvalue weighted by atomic mass is 10.2. The summed E-state index contributed by atoms with van der Waals surface area (Å²) in [7, 11) is 0. The number of aromatic nitrogens is 1. The van der Waals surface area contributed by atoms with Crippen molar-refractivity contribution >= 4 is 28.7 Å². The van der Waals surface area contributed by atoms with E-state index in [1.807, 2.05) is 0 Å². The zero-order valence-electron chi connectivity index (χ0n) is 9.77. The molecule has 0 aliphatic heterocycles. The topological polar surface area (TPSA) is 59.1 Å². The second-order valence-corrected chi connectivity index (χ2v) is 4.63. The molecule has 0 saturated heterocycles. The number of thiophene rings is 1. The van der Waals surface area contributed by atoms with E-state index < -0.39 is 22.7 Å². The minimum Gasteiger partial charge on any atom is -0.321 e.